The van der Waals surface area contributed by atoms with Gasteiger partial charge in [-0.1, -0.05) is 18.2 Å². The van der Waals surface area contributed by atoms with Crippen LogP contribution < -0.4 is 16.1 Å². The Bertz CT molecular complexity index is 769. The highest BCUT2D eigenvalue weighted by molar-refractivity contribution is 5.92. The molecule has 0 radical (unpaired) electrons. The molecule has 0 saturated carbocycles. The van der Waals surface area contributed by atoms with Crippen molar-refractivity contribution in [3.05, 3.63) is 58.0 Å². The standard InChI is InChI=1S/C16H18N4O3/c1-11-10-14(22)15(16(23)18-9-8-17-12(2)21)19-20(11)13-6-4-3-5-7-13/h3-7,10H,8-9H2,1-2H3,(H,17,21)(H,18,23). The Morgan fingerprint density at radius 2 is 1.78 bits per heavy atom. The number of para-hydroxylation sites is 1. The summed E-state index contributed by atoms with van der Waals surface area (Å²) in [5.41, 5.74) is 0.780. The highest BCUT2D eigenvalue weighted by atomic mass is 16.2. The topological polar surface area (TPSA) is 93.1 Å². The van der Waals surface area contributed by atoms with Crippen LogP contribution >= 0.6 is 0 Å². The summed E-state index contributed by atoms with van der Waals surface area (Å²) < 4.78 is 1.55. The molecule has 2 N–H and O–H groups in total. The summed E-state index contributed by atoms with van der Waals surface area (Å²) in [5, 5.41) is 9.28. The first-order valence-corrected chi connectivity index (χ1v) is 7.18. The minimum atomic E-state index is -0.565. The molecule has 0 atom stereocenters. The van der Waals surface area contributed by atoms with E-state index >= 15 is 0 Å². The molecule has 0 aliphatic rings. The summed E-state index contributed by atoms with van der Waals surface area (Å²) in [6, 6.07) is 10.6. The molecule has 2 aromatic rings. The highest BCUT2D eigenvalue weighted by Crippen LogP contribution is 2.07. The molecule has 0 fully saturated rings. The van der Waals surface area contributed by atoms with Crippen molar-refractivity contribution in [2.75, 3.05) is 13.1 Å². The van der Waals surface area contributed by atoms with E-state index in [4.69, 9.17) is 0 Å². The van der Waals surface area contributed by atoms with Gasteiger partial charge >= 0.3 is 0 Å². The smallest absolute Gasteiger partial charge is 0.275 e. The molecule has 1 heterocycles. The van der Waals surface area contributed by atoms with E-state index in [0.29, 0.717) is 12.2 Å². The van der Waals surface area contributed by atoms with Gasteiger partial charge in [0.05, 0.1) is 5.69 Å². The zero-order valence-corrected chi connectivity index (χ0v) is 13.0. The van der Waals surface area contributed by atoms with Gasteiger partial charge in [0.25, 0.3) is 5.91 Å². The summed E-state index contributed by atoms with van der Waals surface area (Å²) in [6.45, 7) is 3.65. The van der Waals surface area contributed by atoms with E-state index in [1.807, 2.05) is 30.3 Å². The van der Waals surface area contributed by atoms with E-state index in [1.54, 1.807) is 11.6 Å². The van der Waals surface area contributed by atoms with Crippen molar-refractivity contribution in [2.45, 2.75) is 13.8 Å². The van der Waals surface area contributed by atoms with Crippen molar-refractivity contribution in [3.63, 3.8) is 0 Å². The Morgan fingerprint density at radius 1 is 1.13 bits per heavy atom. The maximum absolute atomic E-state index is 12.1. The van der Waals surface area contributed by atoms with Gasteiger partial charge in [-0.25, -0.2) is 4.68 Å². The Labute approximate surface area is 133 Å². The van der Waals surface area contributed by atoms with Gasteiger partial charge in [0.1, 0.15) is 0 Å². The van der Waals surface area contributed by atoms with Crippen molar-refractivity contribution in [1.29, 1.82) is 0 Å². The van der Waals surface area contributed by atoms with Gasteiger partial charge in [-0.05, 0) is 19.1 Å². The number of benzene rings is 1. The SMILES string of the molecule is CC(=O)NCCNC(=O)c1nn(-c2ccccc2)c(C)cc1=O. The van der Waals surface area contributed by atoms with Crippen LogP contribution in [0.5, 0.6) is 0 Å². The Kier molecular flexibility index (Phi) is 5.24. The first kappa shape index (κ1) is 16.4. The molecule has 2 amide bonds. The molecule has 2 rings (SSSR count). The minimum Gasteiger partial charge on any atom is -0.355 e. The van der Waals surface area contributed by atoms with Crippen LogP contribution in [0.25, 0.3) is 5.69 Å². The lowest BCUT2D eigenvalue weighted by molar-refractivity contribution is -0.118. The van der Waals surface area contributed by atoms with Crippen molar-refractivity contribution in [2.24, 2.45) is 0 Å². The van der Waals surface area contributed by atoms with Gasteiger partial charge < -0.3 is 10.6 Å². The van der Waals surface area contributed by atoms with E-state index in [1.165, 1.54) is 13.0 Å². The van der Waals surface area contributed by atoms with Crippen molar-refractivity contribution < 1.29 is 9.59 Å². The normalized spacial score (nSPS) is 10.2. The van der Waals surface area contributed by atoms with E-state index in [2.05, 4.69) is 15.7 Å². The van der Waals surface area contributed by atoms with Crippen molar-refractivity contribution >= 4 is 11.8 Å². The third-order valence-electron chi connectivity index (χ3n) is 3.11. The third-order valence-corrected chi connectivity index (χ3v) is 3.11. The maximum Gasteiger partial charge on any atom is 0.275 e. The van der Waals surface area contributed by atoms with Gasteiger partial charge in [-0.2, -0.15) is 5.10 Å². The summed E-state index contributed by atoms with van der Waals surface area (Å²) >= 11 is 0. The van der Waals surface area contributed by atoms with Crippen LogP contribution in [-0.2, 0) is 4.79 Å². The number of hydrogen-bond acceptors (Lipinski definition) is 4. The van der Waals surface area contributed by atoms with E-state index in [9.17, 15) is 14.4 Å². The fourth-order valence-electron chi connectivity index (χ4n) is 2.03. The zero-order valence-electron chi connectivity index (χ0n) is 13.0. The molecule has 0 aliphatic heterocycles. The fourth-order valence-corrected chi connectivity index (χ4v) is 2.03. The number of amides is 2. The highest BCUT2D eigenvalue weighted by Gasteiger charge is 2.14. The monoisotopic (exact) mass is 314 g/mol. The number of rotatable bonds is 5. The van der Waals surface area contributed by atoms with Crippen molar-refractivity contribution in [3.8, 4) is 5.69 Å². The molecule has 0 aliphatic carbocycles. The Balaban J connectivity index is 2.20. The predicted molar refractivity (Wildman–Crippen MR) is 85.6 cm³/mol. The van der Waals surface area contributed by atoms with E-state index in [-0.39, 0.29) is 18.1 Å². The van der Waals surface area contributed by atoms with Crippen LogP contribution in [0.15, 0.2) is 41.2 Å². The number of carbonyl (C=O) groups is 2. The summed E-state index contributed by atoms with van der Waals surface area (Å²) in [7, 11) is 0. The average Bonchev–Trinajstić information content (AvgIpc) is 2.52. The molecule has 0 bridgehead atoms. The lowest BCUT2D eigenvalue weighted by atomic mass is 10.2. The summed E-state index contributed by atoms with van der Waals surface area (Å²) in [4.78, 5) is 34.9. The molecule has 0 unspecified atom stereocenters. The number of nitrogens with one attached hydrogen (secondary N) is 2. The van der Waals surface area contributed by atoms with Crippen molar-refractivity contribution in [1.82, 2.24) is 20.4 Å². The molecular weight excluding hydrogens is 296 g/mol. The fraction of sp³-hybridized carbons (Fsp3) is 0.250. The number of carbonyl (C=O) groups excluding carboxylic acids is 2. The van der Waals surface area contributed by atoms with Gasteiger partial charge in [0.15, 0.2) is 5.69 Å². The molecule has 0 spiro atoms. The lowest BCUT2D eigenvalue weighted by Gasteiger charge is -2.11. The molecular formula is C16H18N4O3. The average molecular weight is 314 g/mol. The first-order chi connectivity index (χ1) is 11.0. The van der Waals surface area contributed by atoms with Crippen LogP contribution in [-0.4, -0.2) is 34.7 Å². The molecule has 23 heavy (non-hydrogen) atoms. The second-order valence-corrected chi connectivity index (χ2v) is 4.98. The maximum atomic E-state index is 12.1. The van der Waals surface area contributed by atoms with Crippen LogP contribution in [0.1, 0.15) is 23.1 Å². The molecule has 7 nitrogen and oxygen atoms in total. The second kappa shape index (κ2) is 7.35. The van der Waals surface area contributed by atoms with Crippen LogP contribution in [0, 0.1) is 6.92 Å². The van der Waals surface area contributed by atoms with Gasteiger partial charge in [-0.3, -0.25) is 14.4 Å². The van der Waals surface area contributed by atoms with E-state index < -0.39 is 11.3 Å². The number of aromatic nitrogens is 2. The molecule has 7 heteroatoms. The quantitative estimate of drug-likeness (QED) is 0.782. The first-order valence-electron chi connectivity index (χ1n) is 7.18. The molecule has 1 aromatic heterocycles. The van der Waals surface area contributed by atoms with Crippen LogP contribution in [0.4, 0.5) is 0 Å². The third kappa shape index (κ3) is 4.26. The largest absolute Gasteiger partial charge is 0.355 e. The Morgan fingerprint density at radius 3 is 2.43 bits per heavy atom. The zero-order chi connectivity index (χ0) is 16.8. The molecule has 120 valence electrons. The lowest BCUT2D eigenvalue weighted by Crippen LogP contribution is -2.37. The minimum absolute atomic E-state index is 0.178. The predicted octanol–water partition coefficient (Wildman–Crippen LogP) is 0.407. The van der Waals surface area contributed by atoms with Gasteiger partial charge in [-0.15, -0.1) is 0 Å². The number of hydrogen-bond donors (Lipinski definition) is 2. The van der Waals surface area contributed by atoms with E-state index in [0.717, 1.165) is 5.69 Å². The van der Waals surface area contributed by atoms with Gasteiger partial charge in [0, 0.05) is 31.8 Å². The van der Waals surface area contributed by atoms with Crippen LogP contribution in [0.2, 0.25) is 0 Å². The number of aryl methyl sites for hydroxylation is 1. The van der Waals surface area contributed by atoms with Crippen LogP contribution in [0.3, 0.4) is 0 Å². The molecule has 0 saturated heterocycles. The summed E-state index contributed by atoms with van der Waals surface area (Å²) in [5.74, 6) is -0.746. The molecule has 1 aromatic carbocycles. The summed E-state index contributed by atoms with van der Waals surface area (Å²) in [6.07, 6.45) is 0. The Hall–Kier alpha value is -2.96. The number of nitrogens with zero attached hydrogens (tertiary/aromatic N) is 2. The second-order valence-electron chi connectivity index (χ2n) is 4.98. The van der Waals surface area contributed by atoms with Gasteiger partial charge in [0.2, 0.25) is 11.3 Å².